The molecule has 1 aliphatic heterocycles. The fraction of sp³-hybridized carbons (Fsp3) is 0.412. The van der Waals surface area contributed by atoms with Crippen LogP contribution in [0.4, 0.5) is 0 Å². The van der Waals surface area contributed by atoms with Crippen molar-refractivity contribution in [2.24, 2.45) is 0 Å². The van der Waals surface area contributed by atoms with Gasteiger partial charge in [-0.3, -0.25) is 14.5 Å². The van der Waals surface area contributed by atoms with E-state index in [-0.39, 0.29) is 18.5 Å². The molecule has 0 spiro atoms. The molecule has 0 radical (unpaired) electrons. The lowest BCUT2D eigenvalue weighted by atomic mass is 9.74. The minimum Gasteiger partial charge on any atom is -0.494 e. The van der Waals surface area contributed by atoms with Gasteiger partial charge < -0.3 is 9.31 Å². The van der Waals surface area contributed by atoms with Crippen LogP contribution >= 0.6 is 0 Å². The molecule has 1 aromatic carbocycles. The van der Waals surface area contributed by atoms with Gasteiger partial charge in [-0.05, 0) is 23.6 Å². The second kappa shape index (κ2) is 6.58. The van der Waals surface area contributed by atoms with Crippen LogP contribution in [0, 0.1) is 0 Å². The van der Waals surface area contributed by atoms with Crippen molar-refractivity contribution in [2.45, 2.75) is 26.2 Å². The van der Waals surface area contributed by atoms with E-state index in [2.05, 4.69) is 27.4 Å². The summed E-state index contributed by atoms with van der Waals surface area (Å²) in [5.74, 6) is -0.894. The van der Waals surface area contributed by atoms with Crippen LogP contribution in [0.15, 0.2) is 30.8 Å². The Morgan fingerprint density at radius 1 is 1.09 bits per heavy atom. The van der Waals surface area contributed by atoms with Crippen LogP contribution in [0.2, 0.25) is 0 Å². The molecule has 0 aromatic heterocycles. The Morgan fingerprint density at radius 3 is 2.00 bits per heavy atom. The van der Waals surface area contributed by atoms with E-state index in [0.717, 1.165) is 5.56 Å². The van der Waals surface area contributed by atoms with Gasteiger partial charge in [-0.2, -0.15) is 0 Å². The highest BCUT2D eigenvalue weighted by molar-refractivity contribution is 6.70. The summed E-state index contributed by atoms with van der Waals surface area (Å²) in [7, 11) is 0.576. The number of hydrogen-bond acceptors (Lipinski definition) is 5. The Kier molecular flexibility index (Phi) is 4.95. The first-order chi connectivity index (χ1) is 10.7. The maximum atomic E-state index is 11.8. The summed E-state index contributed by atoms with van der Waals surface area (Å²) in [5.41, 5.74) is 2.46. The zero-order chi connectivity index (χ0) is 17.2. The molecule has 0 bridgehead atoms. The highest BCUT2D eigenvalue weighted by atomic mass is 16.6. The molecule has 1 saturated heterocycles. The average molecular weight is 315 g/mol. The minimum absolute atomic E-state index is 0.0435. The van der Waals surface area contributed by atoms with Crippen LogP contribution in [0.1, 0.15) is 31.9 Å². The molecular formula is C17H22BNO4. The molecular weight excluding hydrogens is 293 g/mol. The van der Waals surface area contributed by atoms with Crippen LogP contribution in [0.25, 0.3) is 5.47 Å². The molecule has 122 valence electrons. The molecule has 0 atom stereocenters. The van der Waals surface area contributed by atoms with Crippen molar-refractivity contribution >= 4 is 24.5 Å². The second-order valence-corrected chi connectivity index (χ2v) is 6.84. The number of likely N-dealkylation sites (N-methyl/N-ethyl adjacent to an activating group) is 1. The predicted molar refractivity (Wildman–Crippen MR) is 89.6 cm³/mol. The van der Waals surface area contributed by atoms with Crippen LogP contribution in [0.3, 0.4) is 0 Å². The molecule has 23 heavy (non-hydrogen) atoms. The van der Waals surface area contributed by atoms with E-state index in [4.69, 9.17) is 9.31 Å². The van der Waals surface area contributed by atoms with E-state index >= 15 is 0 Å². The summed E-state index contributed by atoms with van der Waals surface area (Å²) in [4.78, 5) is 25.1. The number of hydrogen-bond donors (Lipinski definition) is 0. The average Bonchev–Trinajstić information content (AvgIpc) is 2.43. The van der Waals surface area contributed by atoms with Crippen molar-refractivity contribution in [2.75, 3.05) is 20.1 Å². The number of rotatable bonds is 2. The molecule has 2 rings (SSSR count). The van der Waals surface area contributed by atoms with Gasteiger partial charge in [-0.25, -0.2) is 0 Å². The maximum absolute atomic E-state index is 11.8. The van der Waals surface area contributed by atoms with Gasteiger partial charge in [0, 0.05) is 5.47 Å². The Hall–Kier alpha value is -2.08. The van der Waals surface area contributed by atoms with Gasteiger partial charge in [0.25, 0.3) is 0 Å². The fourth-order valence-corrected chi connectivity index (χ4v) is 2.30. The third kappa shape index (κ3) is 4.45. The molecule has 5 nitrogen and oxygen atoms in total. The number of nitrogens with zero attached hydrogens (tertiary/aromatic N) is 1. The summed E-state index contributed by atoms with van der Waals surface area (Å²) < 4.78 is 10.4. The summed E-state index contributed by atoms with van der Waals surface area (Å²) in [6.07, 6.45) is 0. The minimum atomic E-state index is -1.08. The fourth-order valence-electron chi connectivity index (χ4n) is 2.30. The summed E-state index contributed by atoms with van der Waals surface area (Å²) in [6.45, 7) is 10.4. The van der Waals surface area contributed by atoms with E-state index in [1.54, 1.807) is 11.9 Å². The van der Waals surface area contributed by atoms with Crippen molar-refractivity contribution in [3.63, 3.8) is 0 Å². The largest absolute Gasteiger partial charge is 0.636 e. The van der Waals surface area contributed by atoms with Gasteiger partial charge in [0.1, 0.15) is 0 Å². The van der Waals surface area contributed by atoms with Crippen molar-refractivity contribution in [1.82, 2.24) is 4.90 Å². The van der Waals surface area contributed by atoms with Crippen LogP contribution in [-0.2, 0) is 24.3 Å². The smallest absolute Gasteiger partial charge is 0.494 e. The topological polar surface area (TPSA) is 55.8 Å². The quantitative estimate of drug-likeness (QED) is 0.782. The third-order valence-corrected chi connectivity index (χ3v) is 3.68. The molecule has 6 heteroatoms. The van der Waals surface area contributed by atoms with Gasteiger partial charge in [0.05, 0.1) is 13.1 Å². The zero-order valence-corrected chi connectivity index (χ0v) is 14.1. The van der Waals surface area contributed by atoms with E-state index in [0.29, 0.717) is 5.47 Å². The van der Waals surface area contributed by atoms with Gasteiger partial charge in [-0.1, -0.05) is 51.6 Å². The van der Waals surface area contributed by atoms with E-state index in [1.807, 2.05) is 24.3 Å². The van der Waals surface area contributed by atoms with Crippen molar-refractivity contribution in [1.29, 1.82) is 0 Å². The first kappa shape index (κ1) is 17.3. The van der Waals surface area contributed by atoms with Gasteiger partial charge in [-0.15, -0.1) is 0 Å². The lowest BCUT2D eigenvalue weighted by molar-refractivity contribution is -0.145. The summed E-state index contributed by atoms with van der Waals surface area (Å²) >= 11 is 0. The molecule has 0 unspecified atom stereocenters. The predicted octanol–water partition coefficient (Wildman–Crippen LogP) is 2.06. The maximum Gasteiger partial charge on any atom is 0.636 e. The Balaban J connectivity index is 2.17. The molecule has 0 aliphatic carbocycles. The third-order valence-electron chi connectivity index (χ3n) is 3.68. The highest BCUT2D eigenvalue weighted by Gasteiger charge is 2.35. The molecule has 0 amide bonds. The molecule has 0 saturated carbocycles. The lowest BCUT2D eigenvalue weighted by Crippen LogP contribution is -2.42. The molecule has 0 N–H and O–H groups in total. The monoisotopic (exact) mass is 315 g/mol. The van der Waals surface area contributed by atoms with Crippen molar-refractivity contribution in [3.8, 4) is 0 Å². The summed E-state index contributed by atoms with van der Waals surface area (Å²) in [6, 6.07) is 7.80. The Morgan fingerprint density at radius 2 is 1.57 bits per heavy atom. The van der Waals surface area contributed by atoms with Crippen LogP contribution in [-0.4, -0.2) is 44.1 Å². The second-order valence-electron chi connectivity index (χ2n) is 6.84. The van der Waals surface area contributed by atoms with Gasteiger partial charge >= 0.3 is 19.1 Å². The molecule has 1 fully saturated rings. The molecule has 1 aliphatic rings. The van der Waals surface area contributed by atoms with E-state index < -0.39 is 19.1 Å². The van der Waals surface area contributed by atoms with Gasteiger partial charge in [0.15, 0.2) is 0 Å². The summed E-state index contributed by atoms with van der Waals surface area (Å²) in [5, 5.41) is 0. The number of carbonyl (C=O) groups is 2. The SMILES string of the molecule is C=C(B1OC(=O)CN(C)CC(=O)O1)c1ccc(C(C)(C)C)cc1. The molecule has 1 aromatic rings. The van der Waals surface area contributed by atoms with Crippen LogP contribution in [0.5, 0.6) is 0 Å². The molecule has 1 heterocycles. The normalized spacial score (nSPS) is 17.1. The van der Waals surface area contributed by atoms with E-state index in [1.165, 1.54) is 5.56 Å². The highest BCUT2D eigenvalue weighted by Crippen LogP contribution is 2.25. The van der Waals surface area contributed by atoms with Crippen LogP contribution < -0.4 is 0 Å². The standard InChI is InChI=1S/C17H22BNO4/c1-12(13-6-8-14(9-7-13)17(2,3)4)18-22-15(20)10-19(5)11-16(21)23-18/h6-9H,1,10-11H2,2-5H3. The first-order valence-electron chi connectivity index (χ1n) is 7.54. The number of carbonyl (C=O) groups excluding carboxylic acids is 2. The first-order valence-corrected chi connectivity index (χ1v) is 7.54. The van der Waals surface area contributed by atoms with Gasteiger partial charge in [0.2, 0.25) is 0 Å². The Labute approximate surface area is 137 Å². The lowest BCUT2D eigenvalue weighted by Gasteiger charge is -2.24. The van der Waals surface area contributed by atoms with Crippen molar-refractivity contribution in [3.05, 3.63) is 42.0 Å². The number of benzene rings is 1. The zero-order valence-electron chi connectivity index (χ0n) is 14.1. The van der Waals surface area contributed by atoms with E-state index in [9.17, 15) is 9.59 Å². The van der Waals surface area contributed by atoms with Crippen molar-refractivity contribution < 1.29 is 18.9 Å². The Bertz CT molecular complexity index is 598.